The van der Waals surface area contributed by atoms with E-state index in [0.717, 1.165) is 4.90 Å². The summed E-state index contributed by atoms with van der Waals surface area (Å²) in [7, 11) is 1.28. The summed E-state index contributed by atoms with van der Waals surface area (Å²) in [6.45, 7) is -0.535. The Morgan fingerprint density at radius 2 is 1.52 bits per heavy atom. The molecule has 0 saturated heterocycles. The number of amides is 1. The third kappa shape index (κ3) is 5.35. The molecule has 7 nitrogen and oxygen atoms in total. The molecule has 0 radical (unpaired) electrons. The van der Waals surface area contributed by atoms with Crippen LogP contribution < -0.4 is 0 Å². The minimum absolute atomic E-state index is 0.304. The van der Waals surface area contributed by atoms with Gasteiger partial charge in [0.05, 0.1) is 5.56 Å². The van der Waals surface area contributed by atoms with Gasteiger partial charge in [0.2, 0.25) is 0 Å². The smallest absolute Gasteiger partial charge is 0.413 e. The molecule has 0 saturated carbocycles. The van der Waals surface area contributed by atoms with Gasteiger partial charge in [0.1, 0.15) is 6.54 Å². The largest absolute Gasteiger partial charge is 0.480 e. The lowest BCUT2D eigenvalue weighted by Crippen LogP contribution is -2.34. The van der Waals surface area contributed by atoms with Gasteiger partial charge >= 0.3 is 18.0 Å². The fraction of sp³-hybridized carbons (Fsp3) is 0.167. The molecule has 0 fully saturated rings. The number of likely N-dealkylation sites (N-methyl/N-ethyl adjacent to an activating group) is 1. The summed E-state index contributed by atoms with van der Waals surface area (Å²) in [4.78, 5) is 35.8. The van der Waals surface area contributed by atoms with Crippen LogP contribution in [0.1, 0.15) is 22.2 Å². The zero-order valence-corrected chi connectivity index (χ0v) is 13.5. The first-order chi connectivity index (χ1) is 12.0. The maximum atomic E-state index is 12.2. The normalized spacial score (nSPS) is 11.2. The monoisotopic (exact) mass is 343 g/mol. The van der Waals surface area contributed by atoms with Gasteiger partial charge in [-0.25, -0.2) is 9.59 Å². The van der Waals surface area contributed by atoms with E-state index in [-0.39, 0.29) is 0 Å². The van der Waals surface area contributed by atoms with Crippen LogP contribution in [-0.2, 0) is 14.3 Å². The molecule has 2 rings (SSSR count). The fourth-order valence-electron chi connectivity index (χ4n) is 1.96. The quantitative estimate of drug-likeness (QED) is 0.640. The molecule has 130 valence electrons. The van der Waals surface area contributed by atoms with E-state index in [0.29, 0.717) is 11.1 Å². The molecular formula is C18H17NO6. The Balaban J connectivity index is 2.15. The zero-order valence-electron chi connectivity index (χ0n) is 13.5. The molecule has 0 aliphatic rings. The van der Waals surface area contributed by atoms with Crippen molar-refractivity contribution in [1.29, 1.82) is 0 Å². The second-order valence-corrected chi connectivity index (χ2v) is 5.15. The van der Waals surface area contributed by atoms with Crippen molar-refractivity contribution in [2.24, 2.45) is 0 Å². The Labute approximate surface area is 144 Å². The number of rotatable bonds is 6. The van der Waals surface area contributed by atoms with Gasteiger partial charge < -0.3 is 19.5 Å². The highest BCUT2D eigenvalue weighted by atomic mass is 16.7. The lowest BCUT2D eigenvalue weighted by molar-refractivity contribution is -0.138. The molecule has 1 N–H and O–H groups in total. The van der Waals surface area contributed by atoms with Crippen molar-refractivity contribution in [2.75, 3.05) is 13.6 Å². The Kier molecular flexibility index (Phi) is 6.11. The summed E-state index contributed by atoms with van der Waals surface area (Å²) < 4.78 is 10.5. The van der Waals surface area contributed by atoms with E-state index >= 15 is 0 Å². The van der Waals surface area contributed by atoms with Crippen molar-refractivity contribution in [1.82, 2.24) is 4.90 Å². The SMILES string of the molecule is CN(CC(=O)O)C(=O)OC(OC(=O)c1ccccc1)c1ccccc1. The third-order valence-electron chi connectivity index (χ3n) is 3.19. The maximum Gasteiger partial charge on any atom is 0.413 e. The van der Waals surface area contributed by atoms with Crippen molar-refractivity contribution in [3.8, 4) is 0 Å². The van der Waals surface area contributed by atoms with Crippen molar-refractivity contribution in [3.63, 3.8) is 0 Å². The van der Waals surface area contributed by atoms with Gasteiger partial charge in [-0.2, -0.15) is 0 Å². The van der Waals surface area contributed by atoms with Crippen LogP contribution in [0.4, 0.5) is 4.79 Å². The number of benzene rings is 2. The number of esters is 1. The van der Waals surface area contributed by atoms with Crippen LogP contribution in [0.15, 0.2) is 60.7 Å². The number of aliphatic carboxylic acids is 1. The molecule has 1 atom stereocenters. The Morgan fingerprint density at radius 1 is 0.960 bits per heavy atom. The molecule has 25 heavy (non-hydrogen) atoms. The Morgan fingerprint density at radius 3 is 2.08 bits per heavy atom. The van der Waals surface area contributed by atoms with Gasteiger partial charge in [-0.1, -0.05) is 48.5 Å². The van der Waals surface area contributed by atoms with Crippen molar-refractivity contribution in [3.05, 3.63) is 71.8 Å². The Hall–Kier alpha value is -3.35. The van der Waals surface area contributed by atoms with Crippen LogP contribution in [0, 0.1) is 0 Å². The molecule has 0 bridgehead atoms. The van der Waals surface area contributed by atoms with E-state index in [9.17, 15) is 14.4 Å². The number of ether oxygens (including phenoxy) is 2. The first-order valence-corrected chi connectivity index (χ1v) is 7.42. The zero-order chi connectivity index (χ0) is 18.2. The summed E-state index contributed by atoms with van der Waals surface area (Å²) in [5.74, 6) is -1.85. The molecule has 2 aromatic carbocycles. The van der Waals surface area contributed by atoms with E-state index < -0.39 is 30.9 Å². The van der Waals surface area contributed by atoms with Gasteiger partial charge in [-0.15, -0.1) is 0 Å². The van der Waals surface area contributed by atoms with Crippen LogP contribution in [0.2, 0.25) is 0 Å². The summed E-state index contributed by atoms with van der Waals surface area (Å²) in [5, 5.41) is 8.74. The van der Waals surface area contributed by atoms with Crippen LogP contribution in [-0.4, -0.2) is 41.6 Å². The predicted octanol–water partition coefficient (Wildman–Crippen LogP) is 2.70. The molecule has 0 aliphatic heterocycles. The van der Waals surface area contributed by atoms with E-state index in [1.165, 1.54) is 7.05 Å². The summed E-state index contributed by atoms with van der Waals surface area (Å²) in [6.07, 6.45) is -2.21. The third-order valence-corrected chi connectivity index (χ3v) is 3.19. The molecular weight excluding hydrogens is 326 g/mol. The van der Waals surface area contributed by atoms with Crippen LogP contribution >= 0.6 is 0 Å². The number of carboxylic acid groups (broad SMARTS) is 1. The number of hydrogen-bond acceptors (Lipinski definition) is 5. The van der Waals surface area contributed by atoms with Crippen molar-refractivity contribution >= 4 is 18.0 Å². The molecule has 1 amide bonds. The van der Waals surface area contributed by atoms with Gasteiger partial charge in [-0.3, -0.25) is 4.79 Å². The number of hydrogen-bond donors (Lipinski definition) is 1. The van der Waals surface area contributed by atoms with Crippen LogP contribution in [0.25, 0.3) is 0 Å². The fourth-order valence-corrected chi connectivity index (χ4v) is 1.96. The average molecular weight is 343 g/mol. The van der Waals surface area contributed by atoms with Crippen LogP contribution in [0.3, 0.4) is 0 Å². The number of carbonyl (C=O) groups is 3. The van der Waals surface area contributed by atoms with E-state index in [2.05, 4.69) is 0 Å². The lowest BCUT2D eigenvalue weighted by Gasteiger charge is -2.22. The van der Waals surface area contributed by atoms with Gasteiger partial charge in [0, 0.05) is 12.6 Å². The molecule has 0 heterocycles. The molecule has 0 aromatic heterocycles. The minimum atomic E-state index is -1.29. The molecule has 7 heteroatoms. The standard InChI is InChI=1S/C18H17NO6/c1-19(12-15(20)21)18(23)25-17(14-10-6-3-7-11-14)24-16(22)13-8-4-2-5-9-13/h2-11,17H,12H2,1H3,(H,20,21). The highest BCUT2D eigenvalue weighted by molar-refractivity contribution is 5.89. The summed E-state index contributed by atoms with van der Waals surface area (Å²) in [5.41, 5.74) is 0.752. The van der Waals surface area contributed by atoms with Crippen molar-refractivity contribution in [2.45, 2.75) is 6.29 Å². The van der Waals surface area contributed by atoms with E-state index in [1.807, 2.05) is 0 Å². The summed E-state index contributed by atoms with van der Waals surface area (Å²) >= 11 is 0. The molecule has 2 aromatic rings. The second-order valence-electron chi connectivity index (χ2n) is 5.15. The van der Waals surface area contributed by atoms with Crippen LogP contribution in [0.5, 0.6) is 0 Å². The number of nitrogens with zero attached hydrogens (tertiary/aromatic N) is 1. The topological polar surface area (TPSA) is 93.1 Å². The highest BCUT2D eigenvalue weighted by Gasteiger charge is 2.24. The highest BCUT2D eigenvalue weighted by Crippen LogP contribution is 2.21. The minimum Gasteiger partial charge on any atom is -0.480 e. The van der Waals surface area contributed by atoms with Gasteiger partial charge in [0.25, 0.3) is 6.29 Å². The molecule has 0 spiro atoms. The number of carboxylic acids is 1. The first-order valence-electron chi connectivity index (χ1n) is 7.42. The van der Waals surface area contributed by atoms with Gasteiger partial charge in [-0.05, 0) is 12.1 Å². The van der Waals surface area contributed by atoms with Crippen molar-refractivity contribution < 1.29 is 29.0 Å². The van der Waals surface area contributed by atoms with E-state index in [4.69, 9.17) is 14.6 Å². The predicted molar refractivity (Wildman–Crippen MR) is 87.8 cm³/mol. The van der Waals surface area contributed by atoms with E-state index in [1.54, 1.807) is 60.7 Å². The first kappa shape index (κ1) is 18.0. The molecule has 0 aliphatic carbocycles. The second kappa shape index (κ2) is 8.49. The molecule has 1 unspecified atom stereocenters. The lowest BCUT2D eigenvalue weighted by atomic mass is 10.2. The average Bonchev–Trinajstić information content (AvgIpc) is 2.62. The number of carbonyl (C=O) groups excluding carboxylic acids is 2. The maximum absolute atomic E-state index is 12.2. The summed E-state index contributed by atoms with van der Waals surface area (Å²) in [6, 6.07) is 16.7. The van der Waals surface area contributed by atoms with Gasteiger partial charge in [0.15, 0.2) is 0 Å². The Bertz CT molecular complexity index is 732.